The van der Waals surface area contributed by atoms with Gasteiger partial charge in [0.25, 0.3) is 0 Å². The van der Waals surface area contributed by atoms with Gasteiger partial charge in [-0.1, -0.05) is 19.3 Å². The van der Waals surface area contributed by atoms with Crippen molar-refractivity contribution in [3.63, 3.8) is 0 Å². The zero-order valence-corrected chi connectivity index (χ0v) is 18.4. The topological polar surface area (TPSA) is 86.0 Å². The monoisotopic (exact) mass is 406 g/mol. The van der Waals surface area contributed by atoms with Crippen molar-refractivity contribution in [2.24, 2.45) is 16.6 Å². The summed E-state index contributed by atoms with van der Waals surface area (Å²) in [5, 5.41) is 7.05. The molecule has 3 rings (SSSR count). The van der Waals surface area contributed by atoms with Crippen LogP contribution in [0, 0.1) is 5.92 Å². The van der Waals surface area contributed by atoms with Crippen molar-refractivity contribution in [1.82, 2.24) is 20.4 Å². The molecule has 1 atom stereocenters. The third-order valence-electron chi connectivity index (χ3n) is 6.83. The van der Waals surface area contributed by atoms with Gasteiger partial charge in [0.2, 0.25) is 5.91 Å². The van der Waals surface area contributed by atoms with E-state index in [1.54, 1.807) is 0 Å². The summed E-state index contributed by atoms with van der Waals surface area (Å²) in [4.78, 5) is 20.9. The van der Waals surface area contributed by atoms with E-state index in [4.69, 9.17) is 10.7 Å². The lowest BCUT2D eigenvalue weighted by molar-refractivity contribution is -0.119. The fourth-order valence-electron chi connectivity index (χ4n) is 5.21. The minimum Gasteiger partial charge on any atom is -0.369 e. The average molecular weight is 407 g/mol. The second-order valence-electron chi connectivity index (χ2n) is 9.18. The van der Waals surface area contributed by atoms with Crippen LogP contribution in [0.2, 0.25) is 0 Å². The molecule has 29 heavy (non-hydrogen) atoms. The number of hydrogen-bond acceptors (Lipinski definition) is 4. The maximum atomic E-state index is 11.1. The number of nitrogens with one attached hydrogen (secondary N) is 2. The third kappa shape index (κ3) is 7.45. The molecule has 0 aromatic rings. The quantitative estimate of drug-likeness (QED) is 0.420. The molecule has 7 heteroatoms. The Balaban J connectivity index is 1.46. The molecule has 0 spiro atoms. The standard InChI is InChI=1S/C22H42N6O/c1-2-24-22(26-19-10-13-27(14-11-19)17-21(23)29)25-15-20-9-6-12-28(20)16-18-7-4-3-5-8-18/h18-20H,2-17H2,1H3,(H2,23,29)(H2,24,25,26). The van der Waals surface area contributed by atoms with E-state index in [-0.39, 0.29) is 5.91 Å². The molecular formula is C22H42N6O. The Labute approximate surface area is 176 Å². The van der Waals surface area contributed by atoms with Crippen molar-refractivity contribution in [3.8, 4) is 0 Å². The molecule has 1 unspecified atom stereocenters. The summed E-state index contributed by atoms with van der Waals surface area (Å²) in [6.07, 6.45) is 11.8. The van der Waals surface area contributed by atoms with Crippen LogP contribution in [0.25, 0.3) is 0 Å². The molecule has 1 saturated carbocycles. The molecular weight excluding hydrogens is 364 g/mol. The van der Waals surface area contributed by atoms with E-state index < -0.39 is 0 Å². The van der Waals surface area contributed by atoms with E-state index in [9.17, 15) is 4.79 Å². The lowest BCUT2D eigenvalue weighted by Gasteiger charge is -2.32. The summed E-state index contributed by atoms with van der Waals surface area (Å²) < 4.78 is 0. The smallest absolute Gasteiger partial charge is 0.231 e. The number of guanidine groups is 1. The largest absolute Gasteiger partial charge is 0.369 e. The minimum atomic E-state index is -0.236. The van der Waals surface area contributed by atoms with E-state index in [0.717, 1.165) is 50.9 Å². The maximum absolute atomic E-state index is 11.1. The molecule has 1 amide bonds. The molecule has 7 nitrogen and oxygen atoms in total. The normalized spacial score (nSPS) is 26.0. The number of carbonyl (C=O) groups is 1. The molecule has 0 aromatic heterocycles. The predicted octanol–water partition coefficient (Wildman–Crippen LogP) is 1.54. The number of nitrogens with two attached hydrogens (primary N) is 1. The Morgan fingerprint density at radius 1 is 1.03 bits per heavy atom. The molecule has 3 aliphatic rings. The van der Waals surface area contributed by atoms with Gasteiger partial charge in [-0.05, 0) is 57.9 Å². The molecule has 2 heterocycles. The highest BCUT2D eigenvalue weighted by Gasteiger charge is 2.27. The summed E-state index contributed by atoms with van der Waals surface area (Å²) in [6.45, 7) is 8.62. The van der Waals surface area contributed by atoms with Crippen LogP contribution in [-0.2, 0) is 4.79 Å². The first-order valence-corrected chi connectivity index (χ1v) is 11.9. The first-order chi connectivity index (χ1) is 14.1. The highest BCUT2D eigenvalue weighted by molar-refractivity contribution is 5.80. The number of amides is 1. The number of piperidine rings is 1. The Hall–Kier alpha value is -1.34. The molecule has 0 bridgehead atoms. The van der Waals surface area contributed by atoms with Crippen molar-refractivity contribution in [3.05, 3.63) is 0 Å². The first-order valence-electron chi connectivity index (χ1n) is 11.9. The number of carbonyl (C=O) groups excluding carboxylic acids is 1. The number of aliphatic imine (C=N–C) groups is 1. The van der Waals surface area contributed by atoms with Crippen LogP contribution in [-0.4, -0.2) is 79.6 Å². The summed E-state index contributed by atoms with van der Waals surface area (Å²) in [5.74, 6) is 1.62. The Morgan fingerprint density at radius 2 is 1.79 bits per heavy atom. The molecule has 0 radical (unpaired) electrons. The molecule has 2 saturated heterocycles. The van der Waals surface area contributed by atoms with E-state index in [1.807, 2.05) is 0 Å². The summed E-state index contributed by atoms with van der Waals surface area (Å²) in [5.41, 5.74) is 5.32. The van der Waals surface area contributed by atoms with Crippen LogP contribution in [0.4, 0.5) is 0 Å². The number of rotatable bonds is 8. The Morgan fingerprint density at radius 3 is 2.48 bits per heavy atom. The van der Waals surface area contributed by atoms with Gasteiger partial charge in [-0.25, -0.2) is 0 Å². The lowest BCUT2D eigenvalue weighted by Crippen LogP contribution is -2.50. The fourth-order valence-corrected chi connectivity index (χ4v) is 5.21. The van der Waals surface area contributed by atoms with E-state index >= 15 is 0 Å². The van der Waals surface area contributed by atoms with Crippen molar-refractivity contribution < 1.29 is 4.79 Å². The van der Waals surface area contributed by atoms with Crippen LogP contribution < -0.4 is 16.4 Å². The summed E-state index contributed by atoms with van der Waals surface area (Å²) >= 11 is 0. The molecule has 1 aliphatic carbocycles. The molecule has 0 aromatic carbocycles. The Kier molecular flexibility index (Phi) is 9.05. The maximum Gasteiger partial charge on any atom is 0.231 e. The zero-order chi connectivity index (χ0) is 20.5. The van der Waals surface area contributed by atoms with E-state index in [0.29, 0.717) is 18.6 Å². The van der Waals surface area contributed by atoms with Gasteiger partial charge < -0.3 is 16.4 Å². The number of likely N-dealkylation sites (tertiary alicyclic amines) is 2. The minimum absolute atomic E-state index is 0.236. The van der Waals surface area contributed by atoms with Crippen molar-refractivity contribution >= 4 is 11.9 Å². The van der Waals surface area contributed by atoms with Crippen LogP contribution in [0.15, 0.2) is 4.99 Å². The third-order valence-corrected chi connectivity index (χ3v) is 6.83. The first kappa shape index (κ1) is 22.3. The van der Waals surface area contributed by atoms with Crippen LogP contribution in [0.5, 0.6) is 0 Å². The van der Waals surface area contributed by atoms with Gasteiger partial charge in [0.1, 0.15) is 0 Å². The molecule has 4 N–H and O–H groups in total. The lowest BCUT2D eigenvalue weighted by atomic mass is 9.89. The van der Waals surface area contributed by atoms with Crippen LogP contribution >= 0.6 is 0 Å². The second kappa shape index (κ2) is 11.7. The summed E-state index contributed by atoms with van der Waals surface area (Å²) in [7, 11) is 0. The van der Waals surface area contributed by atoms with Gasteiger partial charge >= 0.3 is 0 Å². The van der Waals surface area contributed by atoms with Gasteiger partial charge in [-0.3, -0.25) is 19.6 Å². The highest BCUT2D eigenvalue weighted by Crippen LogP contribution is 2.27. The SMILES string of the molecule is CCNC(=NCC1CCCN1CC1CCCCC1)NC1CCN(CC(N)=O)CC1. The van der Waals surface area contributed by atoms with Gasteiger partial charge in [-0.15, -0.1) is 0 Å². The van der Waals surface area contributed by atoms with Gasteiger partial charge in [0.05, 0.1) is 13.1 Å². The predicted molar refractivity (Wildman–Crippen MR) is 119 cm³/mol. The van der Waals surface area contributed by atoms with Crippen molar-refractivity contribution in [2.75, 3.05) is 45.8 Å². The highest BCUT2D eigenvalue weighted by atomic mass is 16.1. The molecule has 166 valence electrons. The van der Waals surface area contributed by atoms with Gasteiger partial charge in [0.15, 0.2) is 5.96 Å². The van der Waals surface area contributed by atoms with Crippen LogP contribution in [0.3, 0.4) is 0 Å². The van der Waals surface area contributed by atoms with Crippen molar-refractivity contribution in [2.45, 2.75) is 76.8 Å². The van der Waals surface area contributed by atoms with Gasteiger partial charge in [-0.2, -0.15) is 0 Å². The van der Waals surface area contributed by atoms with Crippen LogP contribution in [0.1, 0.15) is 64.7 Å². The summed E-state index contributed by atoms with van der Waals surface area (Å²) in [6, 6.07) is 1.02. The Bertz CT molecular complexity index is 525. The number of hydrogen-bond donors (Lipinski definition) is 3. The number of nitrogens with zero attached hydrogens (tertiary/aromatic N) is 3. The molecule has 3 fully saturated rings. The van der Waals surface area contributed by atoms with E-state index in [2.05, 4.69) is 27.4 Å². The van der Waals surface area contributed by atoms with Gasteiger partial charge in [0, 0.05) is 38.3 Å². The van der Waals surface area contributed by atoms with E-state index in [1.165, 1.54) is 58.0 Å². The number of primary amides is 1. The van der Waals surface area contributed by atoms with Crippen molar-refractivity contribution in [1.29, 1.82) is 0 Å². The zero-order valence-electron chi connectivity index (χ0n) is 18.4. The molecule has 2 aliphatic heterocycles. The average Bonchev–Trinajstić information content (AvgIpc) is 3.15. The second-order valence-corrected chi connectivity index (χ2v) is 9.18. The fraction of sp³-hybridized carbons (Fsp3) is 0.909.